The number of halogens is 2. The number of benzene rings is 1. The monoisotopic (exact) mass is 385 g/mol. The molecule has 0 saturated heterocycles. The number of urea groups is 1. The molecule has 0 aliphatic heterocycles. The quantitative estimate of drug-likeness (QED) is 0.779. The van der Waals surface area contributed by atoms with Crippen LogP contribution in [0, 0.1) is 0 Å². The summed E-state index contributed by atoms with van der Waals surface area (Å²) in [6, 6.07) is 4.28. The highest BCUT2D eigenvalue weighted by Gasteiger charge is 2.21. The zero-order valence-electron chi connectivity index (χ0n) is 13.9. The first-order valence-electron chi connectivity index (χ1n) is 7.37. The maximum absolute atomic E-state index is 12.5. The zero-order chi connectivity index (χ0) is 18.6. The molecule has 0 aliphatic carbocycles. The van der Waals surface area contributed by atoms with E-state index in [1.807, 2.05) is 13.8 Å². The summed E-state index contributed by atoms with van der Waals surface area (Å²) in [4.78, 5) is 29.5. The average Bonchev–Trinajstić information content (AvgIpc) is 3.03. The Bertz CT molecular complexity index is 776. The van der Waals surface area contributed by atoms with Crippen molar-refractivity contribution in [3.05, 3.63) is 46.1 Å². The number of aromatic nitrogens is 1. The molecule has 0 spiro atoms. The number of esters is 1. The van der Waals surface area contributed by atoms with Gasteiger partial charge >= 0.3 is 12.0 Å². The number of anilines is 1. The van der Waals surface area contributed by atoms with Crippen molar-refractivity contribution in [3.8, 4) is 0 Å². The highest BCUT2D eigenvalue weighted by molar-refractivity contribution is 6.42. The van der Waals surface area contributed by atoms with Gasteiger partial charge in [0.2, 0.25) is 5.89 Å². The van der Waals surface area contributed by atoms with Gasteiger partial charge in [-0.05, 0) is 32.0 Å². The summed E-state index contributed by atoms with van der Waals surface area (Å²) in [5.74, 6) is -0.384. The number of methoxy groups -OCH3 is 1. The van der Waals surface area contributed by atoms with Crippen LogP contribution in [-0.2, 0) is 11.3 Å². The van der Waals surface area contributed by atoms with E-state index in [-0.39, 0.29) is 30.2 Å². The van der Waals surface area contributed by atoms with E-state index >= 15 is 0 Å². The average molecular weight is 386 g/mol. The molecule has 0 atom stereocenters. The summed E-state index contributed by atoms with van der Waals surface area (Å²) < 4.78 is 9.80. The fourth-order valence-electron chi connectivity index (χ4n) is 1.99. The highest BCUT2D eigenvalue weighted by atomic mass is 35.5. The first kappa shape index (κ1) is 19.1. The number of amides is 2. The summed E-state index contributed by atoms with van der Waals surface area (Å²) in [5.41, 5.74) is 0.554. The van der Waals surface area contributed by atoms with E-state index in [0.717, 1.165) is 0 Å². The van der Waals surface area contributed by atoms with Crippen LogP contribution < -0.4 is 5.32 Å². The molecule has 0 saturated carbocycles. The lowest BCUT2D eigenvalue weighted by molar-refractivity contribution is 0.0594. The van der Waals surface area contributed by atoms with Gasteiger partial charge in [0.15, 0.2) is 5.69 Å². The molecular formula is C16H17Cl2N3O4. The van der Waals surface area contributed by atoms with Gasteiger partial charge < -0.3 is 19.4 Å². The summed E-state index contributed by atoms with van der Waals surface area (Å²) >= 11 is 11.8. The summed E-state index contributed by atoms with van der Waals surface area (Å²) in [6.07, 6.45) is 1.19. The number of hydrogen-bond acceptors (Lipinski definition) is 5. The molecule has 0 unspecified atom stereocenters. The van der Waals surface area contributed by atoms with Gasteiger partial charge in [-0.1, -0.05) is 23.2 Å². The van der Waals surface area contributed by atoms with Gasteiger partial charge in [-0.3, -0.25) is 0 Å². The van der Waals surface area contributed by atoms with Gasteiger partial charge in [0, 0.05) is 11.7 Å². The minimum Gasteiger partial charge on any atom is -0.464 e. The van der Waals surface area contributed by atoms with Gasteiger partial charge in [0.25, 0.3) is 0 Å². The number of carbonyl (C=O) groups excluding carboxylic acids is 2. The largest absolute Gasteiger partial charge is 0.464 e. The molecule has 0 bridgehead atoms. The van der Waals surface area contributed by atoms with Crippen LogP contribution in [0.3, 0.4) is 0 Å². The molecule has 134 valence electrons. The lowest BCUT2D eigenvalue weighted by Crippen LogP contribution is -2.39. The molecule has 1 aromatic carbocycles. The molecule has 2 aromatic rings. The van der Waals surface area contributed by atoms with Crippen LogP contribution in [0.1, 0.15) is 30.2 Å². The molecular weight excluding hydrogens is 369 g/mol. The number of nitrogens with one attached hydrogen (secondary N) is 1. The van der Waals surface area contributed by atoms with Gasteiger partial charge in [-0.2, -0.15) is 0 Å². The second-order valence-corrected chi connectivity index (χ2v) is 6.21. The first-order valence-corrected chi connectivity index (χ1v) is 8.12. The number of nitrogens with zero attached hydrogens (tertiary/aromatic N) is 2. The number of oxazole rings is 1. The van der Waals surface area contributed by atoms with Crippen molar-refractivity contribution in [2.24, 2.45) is 0 Å². The summed E-state index contributed by atoms with van der Waals surface area (Å²) in [6.45, 7) is 3.78. The van der Waals surface area contributed by atoms with E-state index < -0.39 is 5.97 Å². The fraction of sp³-hybridized carbons (Fsp3) is 0.312. The van der Waals surface area contributed by atoms with Crippen molar-refractivity contribution in [1.29, 1.82) is 0 Å². The Kier molecular flexibility index (Phi) is 6.27. The number of ether oxygens (including phenoxy) is 1. The Morgan fingerprint density at radius 3 is 2.64 bits per heavy atom. The van der Waals surface area contributed by atoms with Crippen LogP contribution >= 0.6 is 23.2 Å². The summed E-state index contributed by atoms with van der Waals surface area (Å²) in [5, 5.41) is 3.47. The lowest BCUT2D eigenvalue weighted by atomic mass is 10.3. The Labute approximate surface area is 154 Å². The van der Waals surface area contributed by atoms with Gasteiger partial charge in [0.05, 0.1) is 23.7 Å². The number of rotatable bonds is 5. The van der Waals surface area contributed by atoms with Crippen LogP contribution in [0.2, 0.25) is 10.0 Å². The van der Waals surface area contributed by atoms with Gasteiger partial charge in [0.1, 0.15) is 6.26 Å². The molecule has 1 aromatic heterocycles. The topological polar surface area (TPSA) is 84.7 Å². The normalized spacial score (nSPS) is 10.6. The molecule has 9 heteroatoms. The minimum absolute atomic E-state index is 0.0473. The molecule has 1 heterocycles. The molecule has 0 radical (unpaired) electrons. The van der Waals surface area contributed by atoms with Gasteiger partial charge in [-0.25, -0.2) is 14.6 Å². The van der Waals surface area contributed by atoms with Crippen molar-refractivity contribution < 1.29 is 18.7 Å². The first-order chi connectivity index (χ1) is 11.8. The van der Waals surface area contributed by atoms with E-state index in [1.165, 1.54) is 18.3 Å². The van der Waals surface area contributed by atoms with Crippen LogP contribution in [0.5, 0.6) is 0 Å². The standard InChI is InChI=1S/C16H17Cl2N3O4/c1-9(2)21(7-14-20-13(8-25-14)15(22)24-3)16(23)19-10-4-5-11(17)12(18)6-10/h4-6,8-9H,7H2,1-3H3,(H,19,23). The maximum atomic E-state index is 12.5. The van der Waals surface area contributed by atoms with Crippen LogP contribution in [0.4, 0.5) is 10.5 Å². The molecule has 0 fully saturated rings. The Morgan fingerprint density at radius 2 is 2.04 bits per heavy atom. The SMILES string of the molecule is COC(=O)c1coc(CN(C(=O)Nc2ccc(Cl)c(Cl)c2)C(C)C)n1. The van der Waals surface area contributed by atoms with Crippen LogP contribution in [0.15, 0.2) is 28.9 Å². The predicted octanol–water partition coefficient (Wildman–Crippen LogP) is 4.21. The molecule has 0 aliphatic rings. The predicted molar refractivity (Wildman–Crippen MR) is 94.0 cm³/mol. The highest BCUT2D eigenvalue weighted by Crippen LogP contribution is 2.25. The fourth-order valence-corrected chi connectivity index (χ4v) is 2.28. The third-order valence-corrected chi connectivity index (χ3v) is 4.05. The van der Waals surface area contributed by atoms with Crippen LogP contribution in [-0.4, -0.2) is 35.0 Å². The van der Waals surface area contributed by atoms with Crippen molar-refractivity contribution >= 4 is 40.9 Å². The molecule has 2 rings (SSSR count). The van der Waals surface area contributed by atoms with E-state index in [4.69, 9.17) is 27.6 Å². The molecule has 25 heavy (non-hydrogen) atoms. The van der Waals surface area contributed by atoms with Crippen molar-refractivity contribution in [3.63, 3.8) is 0 Å². The smallest absolute Gasteiger partial charge is 0.360 e. The third-order valence-electron chi connectivity index (χ3n) is 3.31. The molecule has 2 amide bonds. The van der Waals surface area contributed by atoms with Crippen molar-refractivity contribution in [1.82, 2.24) is 9.88 Å². The van der Waals surface area contributed by atoms with Crippen LogP contribution in [0.25, 0.3) is 0 Å². The van der Waals surface area contributed by atoms with Gasteiger partial charge in [-0.15, -0.1) is 0 Å². The summed E-state index contributed by atoms with van der Waals surface area (Å²) in [7, 11) is 1.25. The van der Waals surface area contributed by atoms with E-state index in [2.05, 4.69) is 15.0 Å². The molecule has 7 nitrogen and oxygen atoms in total. The zero-order valence-corrected chi connectivity index (χ0v) is 15.4. The number of hydrogen-bond donors (Lipinski definition) is 1. The van der Waals surface area contributed by atoms with E-state index in [0.29, 0.717) is 15.7 Å². The second kappa shape index (κ2) is 8.22. The second-order valence-electron chi connectivity index (χ2n) is 5.40. The lowest BCUT2D eigenvalue weighted by Gasteiger charge is -2.25. The molecule has 1 N–H and O–H groups in total. The third kappa shape index (κ3) is 4.87. The van der Waals surface area contributed by atoms with E-state index in [9.17, 15) is 9.59 Å². The minimum atomic E-state index is -0.605. The van der Waals surface area contributed by atoms with Crippen molar-refractivity contribution in [2.75, 3.05) is 12.4 Å². The van der Waals surface area contributed by atoms with E-state index in [1.54, 1.807) is 18.2 Å². The van der Waals surface area contributed by atoms with Crippen molar-refractivity contribution in [2.45, 2.75) is 26.4 Å². The Morgan fingerprint density at radius 1 is 1.32 bits per heavy atom. The maximum Gasteiger partial charge on any atom is 0.360 e. The Balaban J connectivity index is 2.11. The Hall–Kier alpha value is -2.25. The number of carbonyl (C=O) groups is 2.